The molecule has 0 aromatic heterocycles. The van der Waals surface area contributed by atoms with Gasteiger partial charge in [-0.1, -0.05) is 37.0 Å². The van der Waals surface area contributed by atoms with Crippen LogP contribution in [0.4, 0.5) is 0 Å². The first-order valence-corrected chi connectivity index (χ1v) is 7.67. The molecular weight excluding hydrogens is 305 g/mol. The lowest BCUT2D eigenvalue weighted by molar-refractivity contribution is 0.469. The maximum Gasteiger partial charge on any atom is 0.132 e. The molecule has 0 aliphatic carbocycles. The van der Waals surface area contributed by atoms with E-state index in [-0.39, 0.29) is 0 Å². The zero-order valence-electron chi connectivity index (χ0n) is 12.4. The standard InChI is InChI=1S/C17H19Cl2NO/c1-11(2)20-10-13-9-14(18)4-7-17(13)21-15-5-6-16(19)12(3)8-15/h4-9,11,20H,10H2,1-3H3. The van der Waals surface area contributed by atoms with E-state index in [1.54, 1.807) is 0 Å². The molecule has 2 rings (SSSR count). The number of halogens is 2. The van der Waals surface area contributed by atoms with Crippen molar-refractivity contribution >= 4 is 23.2 Å². The van der Waals surface area contributed by atoms with Gasteiger partial charge in [-0.15, -0.1) is 0 Å². The van der Waals surface area contributed by atoms with Crippen LogP contribution in [0.25, 0.3) is 0 Å². The lowest BCUT2D eigenvalue weighted by Gasteiger charge is -2.14. The van der Waals surface area contributed by atoms with Crippen molar-refractivity contribution in [2.75, 3.05) is 0 Å². The highest BCUT2D eigenvalue weighted by Gasteiger charge is 2.08. The van der Waals surface area contributed by atoms with Crippen LogP contribution in [0.15, 0.2) is 36.4 Å². The zero-order valence-corrected chi connectivity index (χ0v) is 13.9. The van der Waals surface area contributed by atoms with Gasteiger partial charge >= 0.3 is 0 Å². The third kappa shape index (κ3) is 4.63. The van der Waals surface area contributed by atoms with Crippen LogP contribution in [-0.4, -0.2) is 6.04 Å². The van der Waals surface area contributed by atoms with Crippen LogP contribution < -0.4 is 10.1 Å². The van der Waals surface area contributed by atoms with Gasteiger partial charge in [0.2, 0.25) is 0 Å². The molecule has 0 saturated carbocycles. The highest BCUT2D eigenvalue weighted by molar-refractivity contribution is 6.31. The summed E-state index contributed by atoms with van der Waals surface area (Å²) in [7, 11) is 0. The highest BCUT2D eigenvalue weighted by Crippen LogP contribution is 2.30. The predicted molar refractivity (Wildman–Crippen MR) is 89.7 cm³/mol. The van der Waals surface area contributed by atoms with E-state index < -0.39 is 0 Å². The molecule has 4 heteroatoms. The summed E-state index contributed by atoms with van der Waals surface area (Å²) in [6.45, 7) is 6.87. The van der Waals surface area contributed by atoms with Gasteiger partial charge in [0.05, 0.1) is 0 Å². The molecule has 0 amide bonds. The van der Waals surface area contributed by atoms with E-state index in [1.807, 2.05) is 43.3 Å². The normalized spacial score (nSPS) is 11.0. The van der Waals surface area contributed by atoms with Gasteiger partial charge in [0.1, 0.15) is 11.5 Å². The second-order valence-corrected chi connectivity index (χ2v) is 6.14. The number of ether oxygens (including phenoxy) is 1. The molecule has 0 heterocycles. The van der Waals surface area contributed by atoms with Crippen molar-refractivity contribution in [1.82, 2.24) is 5.32 Å². The molecule has 0 aliphatic rings. The Morgan fingerprint density at radius 2 is 1.86 bits per heavy atom. The third-order valence-electron chi connectivity index (χ3n) is 3.08. The van der Waals surface area contributed by atoms with E-state index in [0.29, 0.717) is 17.6 Å². The molecule has 0 spiro atoms. The van der Waals surface area contributed by atoms with Crippen LogP contribution >= 0.6 is 23.2 Å². The first kappa shape index (κ1) is 16.2. The van der Waals surface area contributed by atoms with Crippen LogP contribution in [0, 0.1) is 6.92 Å². The minimum atomic E-state index is 0.398. The average Bonchev–Trinajstić information content (AvgIpc) is 2.43. The summed E-state index contributed by atoms with van der Waals surface area (Å²) in [6.07, 6.45) is 0. The molecule has 21 heavy (non-hydrogen) atoms. The Morgan fingerprint density at radius 1 is 1.10 bits per heavy atom. The van der Waals surface area contributed by atoms with Crippen LogP contribution in [0.5, 0.6) is 11.5 Å². The monoisotopic (exact) mass is 323 g/mol. The fraction of sp³-hybridized carbons (Fsp3) is 0.294. The Kier molecular flexibility index (Phi) is 5.51. The Bertz CT molecular complexity index is 626. The summed E-state index contributed by atoms with van der Waals surface area (Å²) >= 11 is 12.1. The molecule has 112 valence electrons. The topological polar surface area (TPSA) is 21.3 Å². The lowest BCUT2D eigenvalue weighted by atomic mass is 10.2. The van der Waals surface area contributed by atoms with Crippen molar-refractivity contribution in [1.29, 1.82) is 0 Å². The smallest absolute Gasteiger partial charge is 0.132 e. The average molecular weight is 324 g/mol. The Morgan fingerprint density at radius 3 is 2.52 bits per heavy atom. The number of hydrogen-bond acceptors (Lipinski definition) is 2. The van der Waals surface area contributed by atoms with Crippen LogP contribution in [0.1, 0.15) is 25.0 Å². The van der Waals surface area contributed by atoms with Gasteiger partial charge in [-0.25, -0.2) is 0 Å². The van der Waals surface area contributed by atoms with Gasteiger partial charge in [0.15, 0.2) is 0 Å². The summed E-state index contributed by atoms with van der Waals surface area (Å²) in [4.78, 5) is 0. The first-order valence-electron chi connectivity index (χ1n) is 6.91. The van der Waals surface area contributed by atoms with Gasteiger partial charge < -0.3 is 10.1 Å². The van der Waals surface area contributed by atoms with Crippen molar-refractivity contribution in [2.24, 2.45) is 0 Å². The molecule has 0 atom stereocenters. The van der Waals surface area contributed by atoms with E-state index in [0.717, 1.165) is 27.6 Å². The predicted octanol–water partition coefficient (Wildman–Crippen LogP) is 5.59. The Hall–Kier alpha value is -1.22. The maximum atomic E-state index is 6.08. The van der Waals surface area contributed by atoms with E-state index in [1.165, 1.54) is 0 Å². The Labute approximate surface area is 136 Å². The number of aryl methyl sites for hydroxylation is 1. The van der Waals surface area contributed by atoms with Crippen molar-refractivity contribution in [2.45, 2.75) is 33.4 Å². The van der Waals surface area contributed by atoms with Crippen LogP contribution in [-0.2, 0) is 6.54 Å². The largest absolute Gasteiger partial charge is 0.457 e. The fourth-order valence-corrected chi connectivity index (χ4v) is 2.22. The lowest BCUT2D eigenvalue weighted by Crippen LogP contribution is -2.22. The number of nitrogens with one attached hydrogen (secondary N) is 1. The molecule has 0 saturated heterocycles. The van der Waals surface area contributed by atoms with E-state index >= 15 is 0 Å². The molecule has 2 aromatic rings. The fourth-order valence-electron chi connectivity index (χ4n) is 1.91. The number of rotatable bonds is 5. The zero-order chi connectivity index (χ0) is 15.4. The summed E-state index contributed by atoms with van der Waals surface area (Å²) in [6, 6.07) is 11.7. The van der Waals surface area contributed by atoms with Crippen molar-refractivity contribution in [3.63, 3.8) is 0 Å². The number of benzene rings is 2. The van der Waals surface area contributed by atoms with Crippen molar-refractivity contribution in [3.8, 4) is 11.5 Å². The van der Waals surface area contributed by atoms with E-state index in [4.69, 9.17) is 27.9 Å². The van der Waals surface area contributed by atoms with E-state index in [9.17, 15) is 0 Å². The van der Waals surface area contributed by atoms with Crippen LogP contribution in [0.2, 0.25) is 10.0 Å². The van der Waals surface area contributed by atoms with Crippen LogP contribution in [0.3, 0.4) is 0 Å². The van der Waals surface area contributed by atoms with Gasteiger partial charge in [-0.3, -0.25) is 0 Å². The van der Waals surface area contributed by atoms with E-state index in [2.05, 4.69) is 19.2 Å². The molecule has 1 N–H and O–H groups in total. The summed E-state index contributed by atoms with van der Waals surface area (Å²) in [5.74, 6) is 1.57. The van der Waals surface area contributed by atoms with Gasteiger partial charge in [0.25, 0.3) is 0 Å². The first-order chi connectivity index (χ1) is 9.95. The second kappa shape index (κ2) is 7.17. The minimum absolute atomic E-state index is 0.398. The van der Waals surface area contributed by atoms with Crippen molar-refractivity contribution in [3.05, 3.63) is 57.6 Å². The number of hydrogen-bond donors (Lipinski definition) is 1. The third-order valence-corrected chi connectivity index (χ3v) is 3.74. The van der Waals surface area contributed by atoms with Gasteiger partial charge in [-0.2, -0.15) is 0 Å². The summed E-state index contributed by atoms with van der Waals surface area (Å²) < 4.78 is 5.98. The molecule has 0 aliphatic heterocycles. The molecule has 0 radical (unpaired) electrons. The summed E-state index contributed by atoms with van der Waals surface area (Å²) in [5, 5.41) is 4.82. The molecule has 0 unspecified atom stereocenters. The molecule has 0 bridgehead atoms. The molecule has 0 fully saturated rings. The Balaban J connectivity index is 2.23. The second-order valence-electron chi connectivity index (χ2n) is 5.30. The molecule has 2 nitrogen and oxygen atoms in total. The molecule has 2 aromatic carbocycles. The molecular formula is C17H19Cl2NO. The minimum Gasteiger partial charge on any atom is -0.457 e. The van der Waals surface area contributed by atoms with Gasteiger partial charge in [0, 0.05) is 28.2 Å². The van der Waals surface area contributed by atoms with Gasteiger partial charge in [-0.05, 0) is 48.9 Å². The summed E-state index contributed by atoms with van der Waals surface area (Å²) in [5.41, 5.74) is 2.02. The van der Waals surface area contributed by atoms with Crippen molar-refractivity contribution < 1.29 is 4.74 Å². The highest BCUT2D eigenvalue weighted by atomic mass is 35.5. The maximum absolute atomic E-state index is 6.08. The SMILES string of the molecule is Cc1cc(Oc2ccc(Cl)cc2CNC(C)C)ccc1Cl. The quantitative estimate of drug-likeness (QED) is 0.774.